The Kier molecular flexibility index (Phi) is 3.46. The maximum atomic E-state index is 8.75. The number of nitriles is 1. The predicted octanol–water partition coefficient (Wildman–Crippen LogP) is 4.36. The van der Waals surface area contributed by atoms with Crippen molar-refractivity contribution in [2.24, 2.45) is 0 Å². The fourth-order valence-electron chi connectivity index (χ4n) is 1.79. The molecular weight excluding hydrogens is 230 g/mol. The number of benzene rings is 2. The quantitative estimate of drug-likeness (QED) is 0.766. The molecule has 0 fully saturated rings. The molecule has 0 spiro atoms. The number of nitrogens with zero attached hydrogens (tertiary/aromatic N) is 1. The zero-order valence-corrected chi connectivity index (χ0v) is 10.3. The molecular formula is C15H12ClN. The third kappa shape index (κ3) is 2.67. The second kappa shape index (κ2) is 5.03. The van der Waals surface area contributed by atoms with Crippen molar-refractivity contribution in [3.8, 4) is 6.07 Å². The van der Waals surface area contributed by atoms with Crippen LogP contribution in [-0.4, -0.2) is 0 Å². The highest BCUT2D eigenvalue weighted by atomic mass is 35.5. The fraction of sp³-hybridized carbons (Fsp3) is 0.133. The third-order valence-electron chi connectivity index (χ3n) is 2.91. The first-order valence-electron chi connectivity index (χ1n) is 5.46. The first-order chi connectivity index (χ1) is 8.20. The lowest BCUT2D eigenvalue weighted by molar-refractivity contribution is 0.922. The summed E-state index contributed by atoms with van der Waals surface area (Å²) < 4.78 is 0. The van der Waals surface area contributed by atoms with E-state index >= 15 is 0 Å². The minimum atomic E-state index is 0.306. The highest BCUT2D eigenvalue weighted by Gasteiger charge is 2.07. The van der Waals surface area contributed by atoms with Gasteiger partial charge in [0.2, 0.25) is 0 Å². The molecule has 17 heavy (non-hydrogen) atoms. The lowest BCUT2D eigenvalue weighted by Gasteiger charge is -2.12. The summed E-state index contributed by atoms with van der Waals surface area (Å²) in [7, 11) is 0. The van der Waals surface area contributed by atoms with Gasteiger partial charge in [0.1, 0.15) is 0 Å². The number of halogens is 1. The standard InChI is InChI=1S/C15H12ClN/c1-11(14-6-8-15(16)9-7-14)13-4-2-12(10-17)3-5-13/h2-9,11H,1H3/t11-/m0/s1. The Morgan fingerprint density at radius 3 is 1.88 bits per heavy atom. The molecule has 2 rings (SSSR count). The minimum Gasteiger partial charge on any atom is -0.192 e. The van der Waals surface area contributed by atoms with Gasteiger partial charge in [0, 0.05) is 10.9 Å². The molecule has 2 aromatic rings. The molecule has 0 N–H and O–H groups in total. The van der Waals surface area contributed by atoms with Crippen molar-refractivity contribution in [1.29, 1.82) is 5.26 Å². The number of rotatable bonds is 2. The van der Waals surface area contributed by atoms with Gasteiger partial charge in [-0.1, -0.05) is 42.8 Å². The van der Waals surface area contributed by atoms with E-state index in [1.165, 1.54) is 11.1 Å². The molecule has 0 amide bonds. The Morgan fingerprint density at radius 1 is 0.941 bits per heavy atom. The Balaban J connectivity index is 2.27. The summed E-state index contributed by atoms with van der Waals surface area (Å²) in [4.78, 5) is 0. The van der Waals surface area contributed by atoms with Crippen molar-refractivity contribution < 1.29 is 0 Å². The summed E-state index contributed by atoms with van der Waals surface area (Å²) in [6, 6.07) is 17.7. The Hall–Kier alpha value is -1.78. The van der Waals surface area contributed by atoms with Crippen LogP contribution in [0.2, 0.25) is 5.02 Å². The number of hydrogen-bond donors (Lipinski definition) is 0. The average Bonchev–Trinajstić information content (AvgIpc) is 2.39. The van der Waals surface area contributed by atoms with Gasteiger partial charge in [-0.15, -0.1) is 0 Å². The van der Waals surface area contributed by atoms with E-state index in [-0.39, 0.29) is 0 Å². The Bertz CT molecular complexity index is 535. The van der Waals surface area contributed by atoms with E-state index in [1.54, 1.807) is 0 Å². The summed E-state index contributed by atoms with van der Waals surface area (Å²) in [5, 5.41) is 9.50. The minimum absolute atomic E-state index is 0.306. The van der Waals surface area contributed by atoms with Gasteiger partial charge < -0.3 is 0 Å². The molecule has 0 aromatic heterocycles. The van der Waals surface area contributed by atoms with Gasteiger partial charge in [0.05, 0.1) is 11.6 Å². The lowest BCUT2D eigenvalue weighted by atomic mass is 9.93. The molecule has 0 bridgehead atoms. The first-order valence-corrected chi connectivity index (χ1v) is 5.84. The molecule has 0 saturated carbocycles. The molecule has 0 heterocycles. The van der Waals surface area contributed by atoms with Crippen LogP contribution in [0, 0.1) is 11.3 Å². The highest BCUT2D eigenvalue weighted by Crippen LogP contribution is 2.25. The van der Waals surface area contributed by atoms with E-state index in [4.69, 9.17) is 16.9 Å². The Labute approximate surface area is 106 Å². The van der Waals surface area contributed by atoms with Gasteiger partial charge in [0.15, 0.2) is 0 Å². The van der Waals surface area contributed by atoms with Crippen LogP contribution in [-0.2, 0) is 0 Å². The summed E-state index contributed by atoms with van der Waals surface area (Å²) in [6.07, 6.45) is 0. The average molecular weight is 242 g/mol. The predicted molar refractivity (Wildman–Crippen MR) is 70.1 cm³/mol. The monoisotopic (exact) mass is 241 g/mol. The molecule has 0 unspecified atom stereocenters. The van der Waals surface area contributed by atoms with Gasteiger partial charge in [-0.25, -0.2) is 0 Å². The maximum Gasteiger partial charge on any atom is 0.0991 e. The molecule has 84 valence electrons. The smallest absolute Gasteiger partial charge is 0.0991 e. The molecule has 0 radical (unpaired) electrons. The third-order valence-corrected chi connectivity index (χ3v) is 3.16. The van der Waals surface area contributed by atoms with E-state index in [0.29, 0.717) is 11.5 Å². The van der Waals surface area contributed by atoms with Gasteiger partial charge >= 0.3 is 0 Å². The largest absolute Gasteiger partial charge is 0.192 e. The maximum absolute atomic E-state index is 8.75. The van der Waals surface area contributed by atoms with Gasteiger partial charge in [-0.3, -0.25) is 0 Å². The van der Waals surface area contributed by atoms with E-state index in [1.807, 2.05) is 48.5 Å². The molecule has 2 heteroatoms. The summed E-state index contributed by atoms with van der Waals surface area (Å²) in [6.45, 7) is 2.14. The lowest BCUT2D eigenvalue weighted by Crippen LogP contribution is -1.95. The van der Waals surface area contributed by atoms with Gasteiger partial charge in [-0.2, -0.15) is 5.26 Å². The van der Waals surface area contributed by atoms with Crippen LogP contribution >= 0.6 is 11.6 Å². The van der Waals surface area contributed by atoms with Crippen LogP contribution in [0.25, 0.3) is 0 Å². The van der Waals surface area contributed by atoms with Crippen molar-refractivity contribution in [2.45, 2.75) is 12.8 Å². The van der Waals surface area contributed by atoms with Gasteiger partial charge in [0.25, 0.3) is 0 Å². The zero-order valence-electron chi connectivity index (χ0n) is 9.52. The van der Waals surface area contributed by atoms with Crippen molar-refractivity contribution in [3.05, 3.63) is 70.2 Å². The highest BCUT2D eigenvalue weighted by molar-refractivity contribution is 6.30. The molecule has 1 atom stereocenters. The van der Waals surface area contributed by atoms with Crippen LogP contribution in [0.5, 0.6) is 0 Å². The zero-order chi connectivity index (χ0) is 12.3. The summed E-state index contributed by atoms with van der Waals surface area (Å²) >= 11 is 5.87. The molecule has 1 nitrogen and oxygen atoms in total. The van der Waals surface area contributed by atoms with Crippen LogP contribution in [0.4, 0.5) is 0 Å². The second-order valence-corrected chi connectivity index (χ2v) is 4.44. The van der Waals surface area contributed by atoms with Crippen molar-refractivity contribution in [3.63, 3.8) is 0 Å². The second-order valence-electron chi connectivity index (χ2n) is 4.01. The fourth-order valence-corrected chi connectivity index (χ4v) is 1.92. The van der Waals surface area contributed by atoms with Crippen molar-refractivity contribution in [1.82, 2.24) is 0 Å². The van der Waals surface area contributed by atoms with Gasteiger partial charge in [-0.05, 0) is 35.4 Å². The normalized spacial score (nSPS) is 11.8. The molecule has 2 aromatic carbocycles. The van der Waals surface area contributed by atoms with E-state index in [9.17, 15) is 0 Å². The first kappa shape index (κ1) is 11.7. The topological polar surface area (TPSA) is 23.8 Å². The van der Waals surface area contributed by atoms with E-state index in [0.717, 1.165) is 5.02 Å². The SMILES string of the molecule is C[C@H](c1ccc(Cl)cc1)c1ccc(C#N)cc1. The molecule has 0 saturated heterocycles. The van der Waals surface area contributed by atoms with E-state index in [2.05, 4.69) is 13.0 Å². The van der Waals surface area contributed by atoms with Crippen LogP contribution in [0.3, 0.4) is 0 Å². The summed E-state index contributed by atoms with van der Waals surface area (Å²) in [5.74, 6) is 0.306. The number of hydrogen-bond acceptors (Lipinski definition) is 1. The van der Waals surface area contributed by atoms with Crippen molar-refractivity contribution >= 4 is 11.6 Å². The molecule has 0 aliphatic heterocycles. The van der Waals surface area contributed by atoms with E-state index < -0.39 is 0 Å². The van der Waals surface area contributed by atoms with Crippen LogP contribution < -0.4 is 0 Å². The van der Waals surface area contributed by atoms with Crippen LogP contribution in [0.15, 0.2) is 48.5 Å². The molecule has 0 aliphatic carbocycles. The Morgan fingerprint density at radius 2 is 1.41 bits per heavy atom. The van der Waals surface area contributed by atoms with Crippen LogP contribution in [0.1, 0.15) is 29.5 Å². The molecule has 0 aliphatic rings. The summed E-state index contributed by atoms with van der Waals surface area (Å²) in [5.41, 5.74) is 3.11. The van der Waals surface area contributed by atoms with Crippen molar-refractivity contribution in [2.75, 3.05) is 0 Å².